The summed E-state index contributed by atoms with van der Waals surface area (Å²) in [5, 5.41) is 19.1. The minimum absolute atomic E-state index is 0.0688. The highest BCUT2D eigenvalue weighted by molar-refractivity contribution is 6.11. The molecular formula is C28H23N5O. The number of rotatable bonds is 5. The van der Waals surface area contributed by atoms with Gasteiger partial charge in [-0.05, 0) is 43.2 Å². The van der Waals surface area contributed by atoms with Crippen molar-refractivity contribution in [2.24, 2.45) is 0 Å². The molecule has 0 bridgehead atoms. The number of Topliss-reactive ketones (excluding diaryl/α,β-unsaturated/α-hetero) is 1. The molecule has 0 saturated heterocycles. The molecule has 3 aromatic heterocycles. The molecule has 6 heteroatoms. The number of carbonyl (C=O) groups is 1. The zero-order valence-corrected chi connectivity index (χ0v) is 19.3. The lowest BCUT2D eigenvalue weighted by Gasteiger charge is -2.15. The Bertz CT molecular complexity index is 1590. The summed E-state index contributed by atoms with van der Waals surface area (Å²) in [5.41, 5.74) is 6.34. The van der Waals surface area contributed by atoms with Crippen LogP contribution in [0.5, 0.6) is 0 Å². The highest BCUT2D eigenvalue weighted by Crippen LogP contribution is 2.35. The molecule has 0 amide bonds. The molecule has 3 heterocycles. The Morgan fingerprint density at radius 1 is 1.00 bits per heavy atom. The first-order valence-electron chi connectivity index (χ1n) is 11.2. The Morgan fingerprint density at radius 3 is 2.50 bits per heavy atom. The highest BCUT2D eigenvalue weighted by atomic mass is 16.1. The van der Waals surface area contributed by atoms with Crippen LogP contribution in [0.3, 0.4) is 0 Å². The minimum Gasteiger partial charge on any atom is -0.294 e. The SMILES string of the molecule is CCC(=O)c1cncc(-c2ccc3ncc4[nH]nc(-c5ccc(C(C)(C)C#N)cc5)c4c3c2)c1. The number of carbonyl (C=O) groups excluding carboxylic acids is 1. The molecule has 34 heavy (non-hydrogen) atoms. The second kappa shape index (κ2) is 8.20. The van der Waals surface area contributed by atoms with Crippen LogP contribution in [-0.2, 0) is 5.41 Å². The van der Waals surface area contributed by atoms with E-state index in [1.54, 1.807) is 18.6 Å². The smallest absolute Gasteiger partial charge is 0.164 e. The molecule has 1 N–H and O–H groups in total. The number of aromatic amines is 1. The predicted molar refractivity (Wildman–Crippen MR) is 133 cm³/mol. The Morgan fingerprint density at radius 2 is 1.76 bits per heavy atom. The van der Waals surface area contributed by atoms with Gasteiger partial charge in [0.15, 0.2) is 5.78 Å². The van der Waals surface area contributed by atoms with Gasteiger partial charge in [0, 0.05) is 46.3 Å². The van der Waals surface area contributed by atoms with Crippen molar-refractivity contribution in [3.05, 3.63) is 78.2 Å². The fourth-order valence-electron chi connectivity index (χ4n) is 4.16. The maximum absolute atomic E-state index is 12.2. The summed E-state index contributed by atoms with van der Waals surface area (Å²) in [6, 6.07) is 18.3. The van der Waals surface area contributed by atoms with E-state index in [4.69, 9.17) is 0 Å². The van der Waals surface area contributed by atoms with E-state index < -0.39 is 5.41 Å². The van der Waals surface area contributed by atoms with Gasteiger partial charge in [0.05, 0.1) is 28.7 Å². The first kappa shape index (κ1) is 21.5. The van der Waals surface area contributed by atoms with Crippen molar-refractivity contribution in [3.63, 3.8) is 0 Å². The van der Waals surface area contributed by atoms with Crippen LogP contribution >= 0.6 is 0 Å². The number of aromatic nitrogens is 4. The molecule has 0 aliphatic heterocycles. The lowest BCUT2D eigenvalue weighted by atomic mass is 9.86. The van der Waals surface area contributed by atoms with Crippen LogP contribution in [-0.4, -0.2) is 25.9 Å². The van der Waals surface area contributed by atoms with Gasteiger partial charge < -0.3 is 0 Å². The summed E-state index contributed by atoms with van der Waals surface area (Å²) in [4.78, 5) is 21.1. The first-order valence-corrected chi connectivity index (χ1v) is 11.2. The molecular weight excluding hydrogens is 422 g/mol. The van der Waals surface area contributed by atoms with Crippen LogP contribution in [0.4, 0.5) is 0 Å². The molecule has 6 nitrogen and oxygen atoms in total. The van der Waals surface area contributed by atoms with Gasteiger partial charge in [0.2, 0.25) is 0 Å². The maximum atomic E-state index is 12.2. The lowest BCUT2D eigenvalue weighted by molar-refractivity contribution is 0.0988. The van der Waals surface area contributed by atoms with Crippen LogP contribution < -0.4 is 0 Å². The number of nitriles is 1. The van der Waals surface area contributed by atoms with Gasteiger partial charge in [-0.15, -0.1) is 0 Å². The number of nitrogens with zero attached hydrogens (tertiary/aromatic N) is 4. The number of fused-ring (bicyclic) bond motifs is 3. The van der Waals surface area contributed by atoms with E-state index in [9.17, 15) is 10.1 Å². The zero-order valence-electron chi connectivity index (χ0n) is 19.3. The molecule has 5 rings (SSSR count). The number of hydrogen-bond donors (Lipinski definition) is 1. The standard InChI is InChI=1S/C28H23N5O/c1-4-25(34)20-11-19(13-30-14-20)18-7-10-23-22(12-18)26-24(15-31-23)32-33-27(26)17-5-8-21(9-6-17)28(2,3)16-29/h5-15H,4H2,1-3H3,(H,32,33). The molecule has 0 unspecified atom stereocenters. The van der Waals surface area contributed by atoms with Crippen molar-refractivity contribution in [1.29, 1.82) is 5.26 Å². The Kier molecular flexibility index (Phi) is 5.18. The van der Waals surface area contributed by atoms with Crippen LogP contribution in [0.1, 0.15) is 43.1 Å². The van der Waals surface area contributed by atoms with Gasteiger partial charge in [-0.1, -0.05) is 37.3 Å². The summed E-state index contributed by atoms with van der Waals surface area (Å²) >= 11 is 0. The Hall–Kier alpha value is -4.37. The third kappa shape index (κ3) is 3.61. The third-order valence-electron chi connectivity index (χ3n) is 6.27. The largest absolute Gasteiger partial charge is 0.294 e. The first-order chi connectivity index (χ1) is 16.4. The van der Waals surface area contributed by atoms with Crippen molar-refractivity contribution in [3.8, 4) is 28.5 Å². The van der Waals surface area contributed by atoms with Crippen molar-refractivity contribution in [2.75, 3.05) is 0 Å². The van der Waals surface area contributed by atoms with Crippen LogP contribution in [0.25, 0.3) is 44.2 Å². The van der Waals surface area contributed by atoms with E-state index in [0.29, 0.717) is 12.0 Å². The third-order valence-corrected chi connectivity index (χ3v) is 6.27. The minimum atomic E-state index is -0.556. The Balaban J connectivity index is 1.66. The number of hydrogen-bond acceptors (Lipinski definition) is 5. The number of ketones is 1. The van der Waals surface area contributed by atoms with E-state index in [2.05, 4.69) is 32.3 Å². The van der Waals surface area contributed by atoms with Gasteiger partial charge in [-0.25, -0.2) is 0 Å². The summed E-state index contributed by atoms with van der Waals surface area (Å²) < 4.78 is 0. The van der Waals surface area contributed by atoms with Gasteiger partial charge >= 0.3 is 0 Å². The molecule has 0 atom stereocenters. The lowest BCUT2D eigenvalue weighted by Crippen LogP contribution is -2.13. The maximum Gasteiger partial charge on any atom is 0.164 e. The Labute approximate surface area is 197 Å². The van der Waals surface area contributed by atoms with Crippen molar-refractivity contribution >= 4 is 27.6 Å². The highest BCUT2D eigenvalue weighted by Gasteiger charge is 2.20. The molecule has 0 aliphatic carbocycles. The number of nitrogens with one attached hydrogen (secondary N) is 1. The van der Waals surface area contributed by atoms with Gasteiger partial charge in [-0.3, -0.25) is 19.9 Å². The van der Waals surface area contributed by atoms with Crippen molar-refractivity contribution in [2.45, 2.75) is 32.6 Å². The monoisotopic (exact) mass is 445 g/mol. The van der Waals surface area contributed by atoms with E-state index in [1.165, 1.54) is 0 Å². The van der Waals surface area contributed by atoms with E-state index >= 15 is 0 Å². The molecule has 5 aromatic rings. The molecule has 0 saturated carbocycles. The van der Waals surface area contributed by atoms with Gasteiger partial charge in [0.25, 0.3) is 0 Å². The van der Waals surface area contributed by atoms with Crippen LogP contribution in [0, 0.1) is 11.3 Å². The molecule has 0 spiro atoms. The number of pyridine rings is 2. The fourth-order valence-corrected chi connectivity index (χ4v) is 4.16. The van der Waals surface area contributed by atoms with Crippen LogP contribution in [0.15, 0.2) is 67.1 Å². The molecule has 166 valence electrons. The second-order valence-corrected chi connectivity index (χ2v) is 8.90. The second-order valence-electron chi connectivity index (χ2n) is 8.90. The topological polar surface area (TPSA) is 95.3 Å². The quantitative estimate of drug-likeness (QED) is 0.323. The van der Waals surface area contributed by atoms with Crippen molar-refractivity contribution < 1.29 is 4.79 Å². The van der Waals surface area contributed by atoms with Crippen LogP contribution in [0.2, 0.25) is 0 Å². The summed E-state index contributed by atoms with van der Waals surface area (Å²) in [5.74, 6) is 0.0688. The summed E-state index contributed by atoms with van der Waals surface area (Å²) in [7, 11) is 0. The molecule has 2 aromatic carbocycles. The molecule has 0 radical (unpaired) electrons. The molecule has 0 fully saturated rings. The van der Waals surface area contributed by atoms with E-state index in [1.807, 2.05) is 63.2 Å². The average molecular weight is 446 g/mol. The fraction of sp³-hybridized carbons (Fsp3) is 0.179. The normalized spacial score (nSPS) is 11.6. The predicted octanol–water partition coefficient (Wildman–Crippen LogP) is 6.23. The summed E-state index contributed by atoms with van der Waals surface area (Å²) in [6.45, 7) is 5.66. The number of benzene rings is 2. The van der Waals surface area contributed by atoms with E-state index in [-0.39, 0.29) is 5.78 Å². The zero-order chi connectivity index (χ0) is 23.9. The van der Waals surface area contributed by atoms with E-state index in [0.717, 1.165) is 49.8 Å². The van der Waals surface area contributed by atoms with Gasteiger partial charge in [0.1, 0.15) is 5.69 Å². The van der Waals surface area contributed by atoms with Crippen molar-refractivity contribution in [1.82, 2.24) is 20.2 Å². The van der Waals surface area contributed by atoms with Gasteiger partial charge in [-0.2, -0.15) is 10.4 Å². The number of H-pyrrole nitrogens is 1. The summed E-state index contributed by atoms with van der Waals surface area (Å²) in [6.07, 6.45) is 5.62. The average Bonchev–Trinajstić information content (AvgIpc) is 3.33. The molecule has 0 aliphatic rings.